The monoisotopic (exact) mass is 271 g/mol. The van der Waals surface area contributed by atoms with Crippen LogP contribution in [0.25, 0.3) is 0 Å². The van der Waals surface area contributed by atoms with E-state index < -0.39 is 0 Å². The van der Waals surface area contributed by atoms with Crippen molar-refractivity contribution in [3.05, 3.63) is 39.9 Å². The van der Waals surface area contributed by atoms with E-state index in [1.165, 1.54) is 0 Å². The molecule has 94 valence electrons. The summed E-state index contributed by atoms with van der Waals surface area (Å²) in [5.41, 5.74) is 1.29. The second-order valence-electron chi connectivity index (χ2n) is 3.62. The lowest BCUT2D eigenvalue weighted by molar-refractivity contribution is -0.384. The highest BCUT2D eigenvalue weighted by Gasteiger charge is 2.26. The highest BCUT2D eigenvalue weighted by molar-refractivity contribution is 8.17. The van der Waals surface area contributed by atoms with Crippen molar-refractivity contribution in [2.45, 2.75) is 24.9 Å². The fourth-order valence-electron chi connectivity index (χ4n) is 1.65. The summed E-state index contributed by atoms with van der Waals surface area (Å²) in [7, 11) is 0. The third kappa shape index (κ3) is 3.64. The molecule has 0 aromatic heterocycles. The van der Waals surface area contributed by atoms with Crippen LogP contribution >= 0.6 is 23.5 Å². The number of nitro benzene ring substituents is 1. The van der Waals surface area contributed by atoms with Crippen LogP contribution < -0.4 is 0 Å². The highest BCUT2D eigenvalue weighted by atomic mass is 32.2. The van der Waals surface area contributed by atoms with Gasteiger partial charge in [-0.3, -0.25) is 10.1 Å². The lowest BCUT2D eigenvalue weighted by Crippen LogP contribution is -2.13. The van der Waals surface area contributed by atoms with Gasteiger partial charge in [-0.1, -0.05) is 13.8 Å². The zero-order chi connectivity index (χ0) is 12.9. The highest BCUT2D eigenvalue weighted by Crippen LogP contribution is 2.46. The molecule has 0 radical (unpaired) electrons. The summed E-state index contributed by atoms with van der Waals surface area (Å²) < 4.78 is -0.0152. The summed E-state index contributed by atoms with van der Waals surface area (Å²) in [6.07, 6.45) is 0. The first kappa shape index (κ1) is 14.4. The number of benzene rings is 1. The second-order valence-corrected chi connectivity index (χ2v) is 7.24. The summed E-state index contributed by atoms with van der Waals surface area (Å²) in [6.45, 7) is 6.44. The largest absolute Gasteiger partial charge is 0.269 e. The molecule has 17 heavy (non-hydrogen) atoms. The molecule has 0 aliphatic heterocycles. The number of non-ortho nitro benzene ring substituents is 1. The average Bonchev–Trinajstić information content (AvgIpc) is 2.30. The quantitative estimate of drug-likeness (QED) is 0.440. The van der Waals surface area contributed by atoms with Crippen LogP contribution in [-0.2, 0) is 4.08 Å². The zero-order valence-electron chi connectivity index (χ0n) is 10.3. The number of thioether (sulfide) groups is 2. The van der Waals surface area contributed by atoms with E-state index in [0.717, 1.165) is 17.1 Å². The van der Waals surface area contributed by atoms with Crippen LogP contribution in [0, 0.1) is 10.1 Å². The molecule has 0 unspecified atom stereocenters. The molecule has 0 heterocycles. The molecule has 0 fully saturated rings. The van der Waals surface area contributed by atoms with Gasteiger partial charge in [0.15, 0.2) is 0 Å². The van der Waals surface area contributed by atoms with Gasteiger partial charge in [-0.05, 0) is 36.1 Å². The standard InChI is InChI=1S/C12H17NO2S2/c1-4-16-12(3,17-5-2)10-6-8-11(9-7-10)13(14)15/h6-9H,4-5H2,1-3H3. The molecule has 0 bridgehead atoms. The maximum absolute atomic E-state index is 10.6. The normalized spacial score (nSPS) is 11.5. The molecule has 1 rings (SSSR count). The molecule has 0 amide bonds. The van der Waals surface area contributed by atoms with Crippen LogP contribution in [0.15, 0.2) is 24.3 Å². The third-order valence-electron chi connectivity index (χ3n) is 2.44. The van der Waals surface area contributed by atoms with E-state index in [9.17, 15) is 10.1 Å². The summed E-state index contributed by atoms with van der Waals surface area (Å²) in [4.78, 5) is 10.2. The van der Waals surface area contributed by atoms with Gasteiger partial charge in [0.2, 0.25) is 0 Å². The molecule has 0 aliphatic rings. The summed E-state index contributed by atoms with van der Waals surface area (Å²) in [5.74, 6) is 2.06. The molecular formula is C12H17NO2S2. The Morgan fingerprint density at radius 2 is 1.65 bits per heavy atom. The number of nitro groups is 1. The lowest BCUT2D eigenvalue weighted by Gasteiger charge is -2.28. The SMILES string of the molecule is CCSC(C)(SCC)c1ccc([N+](=O)[O-])cc1. The third-order valence-corrected chi connectivity index (χ3v) is 5.30. The van der Waals surface area contributed by atoms with Crippen LogP contribution in [0.1, 0.15) is 26.3 Å². The molecule has 5 heteroatoms. The molecule has 0 spiro atoms. The Hall–Kier alpha value is -0.680. The molecule has 3 nitrogen and oxygen atoms in total. The van der Waals surface area contributed by atoms with Gasteiger partial charge in [-0.15, -0.1) is 23.5 Å². The van der Waals surface area contributed by atoms with E-state index in [0.29, 0.717) is 0 Å². The Kier molecular flexibility index (Phi) is 5.33. The molecule has 0 atom stereocenters. The van der Waals surface area contributed by atoms with Crippen molar-refractivity contribution in [2.75, 3.05) is 11.5 Å². The van der Waals surface area contributed by atoms with Gasteiger partial charge in [0.1, 0.15) is 0 Å². The molecule has 1 aromatic rings. The smallest absolute Gasteiger partial charge is 0.258 e. The molecule has 0 aliphatic carbocycles. The lowest BCUT2D eigenvalue weighted by atomic mass is 10.1. The van der Waals surface area contributed by atoms with Gasteiger partial charge in [-0.2, -0.15) is 0 Å². The van der Waals surface area contributed by atoms with Crippen molar-refractivity contribution in [3.8, 4) is 0 Å². The summed E-state index contributed by atoms with van der Waals surface area (Å²) >= 11 is 3.73. The predicted octanol–water partition coefficient (Wildman–Crippen LogP) is 4.27. The van der Waals surface area contributed by atoms with Gasteiger partial charge < -0.3 is 0 Å². The van der Waals surface area contributed by atoms with Crippen molar-refractivity contribution in [3.63, 3.8) is 0 Å². The minimum absolute atomic E-state index is 0.0152. The van der Waals surface area contributed by atoms with Crippen molar-refractivity contribution in [1.29, 1.82) is 0 Å². The first-order valence-electron chi connectivity index (χ1n) is 5.56. The zero-order valence-corrected chi connectivity index (χ0v) is 11.9. The van der Waals surface area contributed by atoms with Crippen LogP contribution in [0.2, 0.25) is 0 Å². The van der Waals surface area contributed by atoms with Crippen molar-refractivity contribution < 1.29 is 4.92 Å². The first-order valence-corrected chi connectivity index (χ1v) is 7.53. The number of nitrogens with zero attached hydrogens (tertiary/aromatic N) is 1. The maximum Gasteiger partial charge on any atom is 0.269 e. The fourth-order valence-corrected chi connectivity index (χ4v) is 4.39. The van der Waals surface area contributed by atoms with E-state index in [1.54, 1.807) is 12.1 Å². The molecule has 0 N–H and O–H groups in total. The van der Waals surface area contributed by atoms with Crippen LogP contribution in [-0.4, -0.2) is 16.4 Å². The van der Waals surface area contributed by atoms with E-state index in [2.05, 4.69) is 20.8 Å². The minimum atomic E-state index is -0.360. The van der Waals surface area contributed by atoms with Gasteiger partial charge >= 0.3 is 0 Å². The van der Waals surface area contributed by atoms with Gasteiger partial charge in [0.25, 0.3) is 5.69 Å². The predicted molar refractivity (Wildman–Crippen MR) is 76.7 cm³/mol. The molecular weight excluding hydrogens is 254 g/mol. The summed E-state index contributed by atoms with van der Waals surface area (Å²) in [5, 5.41) is 10.6. The van der Waals surface area contributed by atoms with Crippen LogP contribution in [0.3, 0.4) is 0 Å². The Morgan fingerprint density at radius 3 is 2.00 bits per heavy atom. The Balaban J connectivity index is 2.98. The first-order chi connectivity index (χ1) is 8.03. The van der Waals surface area contributed by atoms with Crippen LogP contribution in [0.5, 0.6) is 0 Å². The Bertz CT molecular complexity index is 373. The van der Waals surface area contributed by atoms with Crippen molar-refractivity contribution in [1.82, 2.24) is 0 Å². The van der Waals surface area contributed by atoms with Crippen LogP contribution in [0.4, 0.5) is 5.69 Å². The number of rotatable bonds is 6. The van der Waals surface area contributed by atoms with E-state index in [4.69, 9.17) is 0 Å². The van der Waals surface area contributed by atoms with Gasteiger partial charge in [-0.25, -0.2) is 0 Å². The topological polar surface area (TPSA) is 43.1 Å². The Morgan fingerprint density at radius 1 is 1.18 bits per heavy atom. The van der Waals surface area contributed by atoms with E-state index in [-0.39, 0.29) is 14.7 Å². The molecule has 0 saturated heterocycles. The average molecular weight is 271 g/mol. The number of hydrogen-bond acceptors (Lipinski definition) is 4. The maximum atomic E-state index is 10.6. The van der Waals surface area contributed by atoms with Crippen molar-refractivity contribution in [2.24, 2.45) is 0 Å². The molecule has 1 aromatic carbocycles. The molecule has 0 saturated carbocycles. The van der Waals surface area contributed by atoms with E-state index in [1.807, 2.05) is 35.7 Å². The van der Waals surface area contributed by atoms with E-state index >= 15 is 0 Å². The fraction of sp³-hybridized carbons (Fsp3) is 0.500. The summed E-state index contributed by atoms with van der Waals surface area (Å²) in [6, 6.07) is 6.90. The Labute approximate surface area is 111 Å². The minimum Gasteiger partial charge on any atom is -0.258 e. The second kappa shape index (κ2) is 6.31. The van der Waals surface area contributed by atoms with Crippen molar-refractivity contribution >= 4 is 29.2 Å². The van der Waals surface area contributed by atoms with Gasteiger partial charge in [0, 0.05) is 12.1 Å². The number of hydrogen-bond donors (Lipinski definition) is 0. The van der Waals surface area contributed by atoms with Gasteiger partial charge in [0.05, 0.1) is 9.00 Å².